The summed E-state index contributed by atoms with van der Waals surface area (Å²) in [7, 11) is 0. The molecule has 1 N–H and O–H groups in total. The van der Waals surface area contributed by atoms with Gasteiger partial charge in [0.1, 0.15) is 5.75 Å². The molecular formula is C17H22F3NO4. The van der Waals surface area contributed by atoms with Crippen LogP contribution in [0, 0.1) is 5.92 Å². The molecule has 0 saturated carbocycles. The summed E-state index contributed by atoms with van der Waals surface area (Å²) in [5.41, 5.74) is 0.274. The molecule has 0 aliphatic carbocycles. The number of para-hydroxylation sites is 1. The molecule has 1 aromatic rings. The molecule has 0 saturated heterocycles. The van der Waals surface area contributed by atoms with Crippen molar-refractivity contribution in [3.8, 4) is 5.75 Å². The van der Waals surface area contributed by atoms with Gasteiger partial charge in [-0.1, -0.05) is 32.0 Å². The van der Waals surface area contributed by atoms with Crippen molar-refractivity contribution >= 4 is 11.9 Å². The molecule has 140 valence electrons. The van der Waals surface area contributed by atoms with E-state index in [9.17, 15) is 22.8 Å². The normalized spacial score (nSPS) is 11.4. The number of rotatable bonds is 9. The minimum Gasteiger partial charge on any atom is -0.481 e. The number of nitrogens with zero attached hydrogens (tertiary/aromatic N) is 1. The van der Waals surface area contributed by atoms with Crippen LogP contribution >= 0.6 is 0 Å². The minimum atomic E-state index is -4.80. The number of halogens is 3. The van der Waals surface area contributed by atoms with E-state index in [0.29, 0.717) is 6.54 Å². The van der Waals surface area contributed by atoms with Crippen molar-refractivity contribution in [2.45, 2.75) is 39.5 Å². The van der Waals surface area contributed by atoms with Crippen molar-refractivity contribution in [2.75, 3.05) is 13.1 Å². The van der Waals surface area contributed by atoms with Crippen LogP contribution in [0.2, 0.25) is 0 Å². The highest BCUT2D eigenvalue weighted by Gasteiger charge is 2.32. The van der Waals surface area contributed by atoms with Crippen molar-refractivity contribution in [1.29, 1.82) is 0 Å². The number of ether oxygens (including phenoxy) is 1. The zero-order valence-corrected chi connectivity index (χ0v) is 14.2. The summed E-state index contributed by atoms with van der Waals surface area (Å²) >= 11 is 0. The van der Waals surface area contributed by atoms with Gasteiger partial charge in [-0.15, -0.1) is 13.2 Å². The van der Waals surface area contributed by atoms with Crippen molar-refractivity contribution < 1.29 is 32.6 Å². The summed E-state index contributed by atoms with van der Waals surface area (Å²) in [6, 6.07) is 5.66. The Morgan fingerprint density at radius 3 is 2.40 bits per heavy atom. The monoisotopic (exact) mass is 361 g/mol. The van der Waals surface area contributed by atoms with Crippen molar-refractivity contribution in [3.63, 3.8) is 0 Å². The number of amides is 1. The number of aryl methyl sites for hydroxylation is 1. The first-order chi connectivity index (χ1) is 11.6. The molecule has 0 bridgehead atoms. The third-order valence-electron chi connectivity index (χ3n) is 3.34. The summed E-state index contributed by atoms with van der Waals surface area (Å²) in [6.45, 7) is 4.26. The molecule has 0 aliphatic rings. The number of aliphatic carboxylic acids is 1. The largest absolute Gasteiger partial charge is 0.573 e. The number of carbonyl (C=O) groups excluding carboxylic acids is 1. The summed E-state index contributed by atoms with van der Waals surface area (Å²) in [4.78, 5) is 24.5. The molecular weight excluding hydrogens is 339 g/mol. The maximum atomic E-state index is 12.4. The summed E-state index contributed by atoms with van der Waals surface area (Å²) < 4.78 is 41.2. The molecule has 25 heavy (non-hydrogen) atoms. The number of carboxylic acid groups (broad SMARTS) is 1. The van der Waals surface area contributed by atoms with Gasteiger partial charge in [0, 0.05) is 19.5 Å². The standard InChI is InChI=1S/C17H22F3NO4/c1-12(2)11-21(10-9-16(23)24)15(22)8-7-13-5-3-4-6-14(13)25-17(18,19)20/h3-6,12H,7-11H2,1-2H3,(H,23,24). The Balaban J connectivity index is 2.74. The molecule has 0 spiro atoms. The smallest absolute Gasteiger partial charge is 0.481 e. The number of carboxylic acids is 1. The van der Waals surface area contributed by atoms with Crippen molar-refractivity contribution in [3.05, 3.63) is 29.8 Å². The minimum absolute atomic E-state index is 0.0232. The Morgan fingerprint density at radius 1 is 1.20 bits per heavy atom. The first-order valence-electron chi connectivity index (χ1n) is 7.91. The van der Waals surface area contributed by atoms with Gasteiger partial charge in [0.2, 0.25) is 5.91 Å². The van der Waals surface area contributed by atoms with Crippen LogP contribution in [0.5, 0.6) is 5.75 Å². The van der Waals surface area contributed by atoms with Crippen LogP contribution in [0.4, 0.5) is 13.2 Å². The first kappa shape index (κ1) is 20.8. The lowest BCUT2D eigenvalue weighted by atomic mass is 10.1. The van der Waals surface area contributed by atoms with Gasteiger partial charge >= 0.3 is 12.3 Å². The second kappa shape index (κ2) is 9.29. The van der Waals surface area contributed by atoms with Crippen LogP contribution in [0.15, 0.2) is 24.3 Å². The van der Waals surface area contributed by atoms with E-state index in [4.69, 9.17) is 5.11 Å². The van der Waals surface area contributed by atoms with E-state index in [1.807, 2.05) is 13.8 Å². The molecule has 1 amide bonds. The molecule has 0 heterocycles. The lowest BCUT2D eigenvalue weighted by Gasteiger charge is -2.24. The molecule has 8 heteroatoms. The molecule has 5 nitrogen and oxygen atoms in total. The SMILES string of the molecule is CC(C)CN(CCC(=O)O)C(=O)CCc1ccccc1OC(F)(F)F. The molecule has 0 radical (unpaired) electrons. The Hall–Kier alpha value is -2.25. The lowest BCUT2D eigenvalue weighted by Crippen LogP contribution is -2.36. The Kier molecular flexibility index (Phi) is 7.73. The molecule has 1 rings (SSSR count). The fourth-order valence-electron chi connectivity index (χ4n) is 2.32. The molecule has 0 fully saturated rings. The highest BCUT2D eigenvalue weighted by molar-refractivity contribution is 5.77. The van der Waals surface area contributed by atoms with E-state index in [1.165, 1.54) is 23.1 Å². The predicted molar refractivity (Wildman–Crippen MR) is 85.1 cm³/mol. The van der Waals surface area contributed by atoms with E-state index < -0.39 is 12.3 Å². The van der Waals surface area contributed by atoms with E-state index in [-0.39, 0.29) is 48.9 Å². The zero-order chi connectivity index (χ0) is 19.0. The number of hydrogen-bond donors (Lipinski definition) is 1. The van der Waals surface area contributed by atoms with Gasteiger partial charge in [-0.05, 0) is 24.0 Å². The van der Waals surface area contributed by atoms with Gasteiger partial charge in [-0.25, -0.2) is 0 Å². The lowest BCUT2D eigenvalue weighted by molar-refractivity contribution is -0.274. The average Bonchev–Trinajstić information content (AvgIpc) is 2.48. The van der Waals surface area contributed by atoms with E-state index in [1.54, 1.807) is 6.07 Å². The average molecular weight is 361 g/mol. The Labute approximate surface area is 144 Å². The van der Waals surface area contributed by atoms with Crippen LogP contribution in [0.3, 0.4) is 0 Å². The number of carbonyl (C=O) groups is 2. The Morgan fingerprint density at radius 2 is 1.84 bits per heavy atom. The second-order valence-electron chi connectivity index (χ2n) is 6.03. The molecule has 0 aliphatic heterocycles. The molecule has 1 aromatic carbocycles. The van der Waals surface area contributed by atoms with Gasteiger partial charge in [0.05, 0.1) is 6.42 Å². The van der Waals surface area contributed by atoms with Gasteiger partial charge in [0.15, 0.2) is 0 Å². The summed E-state index contributed by atoms with van der Waals surface area (Å²) in [6.07, 6.45) is -4.92. The number of benzene rings is 1. The van der Waals surface area contributed by atoms with Crippen molar-refractivity contribution in [1.82, 2.24) is 4.90 Å². The second-order valence-corrected chi connectivity index (χ2v) is 6.03. The quantitative estimate of drug-likeness (QED) is 0.731. The van der Waals surface area contributed by atoms with Crippen LogP contribution in [-0.2, 0) is 16.0 Å². The summed E-state index contributed by atoms with van der Waals surface area (Å²) in [5.74, 6) is -1.48. The number of hydrogen-bond acceptors (Lipinski definition) is 3. The molecule has 0 atom stereocenters. The summed E-state index contributed by atoms with van der Waals surface area (Å²) in [5, 5.41) is 8.77. The van der Waals surface area contributed by atoms with Crippen molar-refractivity contribution in [2.24, 2.45) is 5.92 Å². The highest BCUT2D eigenvalue weighted by Crippen LogP contribution is 2.27. The fourth-order valence-corrected chi connectivity index (χ4v) is 2.32. The molecule has 0 aromatic heterocycles. The fraction of sp³-hybridized carbons (Fsp3) is 0.529. The highest BCUT2D eigenvalue weighted by atomic mass is 19.4. The third kappa shape index (κ3) is 8.42. The third-order valence-corrected chi connectivity index (χ3v) is 3.34. The van der Waals surface area contributed by atoms with Crippen LogP contribution in [0.25, 0.3) is 0 Å². The topological polar surface area (TPSA) is 66.8 Å². The van der Waals surface area contributed by atoms with Gasteiger partial charge in [-0.3, -0.25) is 9.59 Å². The van der Waals surface area contributed by atoms with Gasteiger partial charge in [-0.2, -0.15) is 0 Å². The van der Waals surface area contributed by atoms with Crippen LogP contribution in [-0.4, -0.2) is 41.3 Å². The Bertz CT molecular complexity index is 588. The van der Waals surface area contributed by atoms with Crippen LogP contribution in [0.1, 0.15) is 32.3 Å². The molecule has 0 unspecified atom stereocenters. The predicted octanol–water partition coefficient (Wildman–Crippen LogP) is 3.48. The number of alkyl halides is 3. The zero-order valence-electron chi connectivity index (χ0n) is 14.2. The van der Waals surface area contributed by atoms with Gasteiger partial charge < -0.3 is 14.7 Å². The maximum absolute atomic E-state index is 12.4. The van der Waals surface area contributed by atoms with E-state index in [2.05, 4.69) is 4.74 Å². The van der Waals surface area contributed by atoms with Crippen LogP contribution < -0.4 is 4.74 Å². The van der Waals surface area contributed by atoms with Gasteiger partial charge in [0.25, 0.3) is 0 Å². The van der Waals surface area contributed by atoms with E-state index in [0.717, 1.165) is 0 Å². The first-order valence-corrected chi connectivity index (χ1v) is 7.91. The van der Waals surface area contributed by atoms with E-state index >= 15 is 0 Å². The maximum Gasteiger partial charge on any atom is 0.573 e.